The second kappa shape index (κ2) is 6.29. The standard InChI is InChI=1S/C13H16N4OS/c1-19-9-7-15-13(18)12-6-8-17(16-12)11-4-2-10(14)3-5-11/h2-6,8H,7,9,14H2,1H3,(H,15,18). The summed E-state index contributed by atoms with van der Waals surface area (Å²) in [5.74, 6) is 0.743. The number of aromatic nitrogens is 2. The van der Waals surface area contributed by atoms with Gasteiger partial charge in [0.05, 0.1) is 5.69 Å². The van der Waals surface area contributed by atoms with Gasteiger partial charge in [0, 0.05) is 24.2 Å². The van der Waals surface area contributed by atoms with Crippen LogP contribution in [0.2, 0.25) is 0 Å². The van der Waals surface area contributed by atoms with Crippen molar-refractivity contribution in [2.45, 2.75) is 0 Å². The zero-order chi connectivity index (χ0) is 13.7. The van der Waals surface area contributed by atoms with Gasteiger partial charge in [-0.15, -0.1) is 0 Å². The number of hydrogen-bond acceptors (Lipinski definition) is 4. The van der Waals surface area contributed by atoms with Gasteiger partial charge in [0.15, 0.2) is 5.69 Å². The molecule has 0 unspecified atom stereocenters. The minimum Gasteiger partial charge on any atom is -0.399 e. The van der Waals surface area contributed by atoms with Gasteiger partial charge in [-0.2, -0.15) is 16.9 Å². The van der Waals surface area contributed by atoms with Crippen molar-refractivity contribution in [3.05, 3.63) is 42.2 Å². The first kappa shape index (κ1) is 13.5. The number of thioether (sulfide) groups is 1. The van der Waals surface area contributed by atoms with Crippen molar-refractivity contribution in [3.63, 3.8) is 0 Å². The van der Waals surface area contributed by atoms with Crippen LogP contribution in [-0.2, 0) is 0 Å². The molecule has 1 aromatic heterocycles. The summed E-state index contributed by atoms with van der Waals surface area (Å²) in [5.41, 5.74) is 7.62. The fourth-order valence-corrected chi connectivity index (χ4v) is 1.88. The third-order valence-electron chi connectivity index (χ3n) is 2.57. The number of nitrogens with two attached hydrogens (primary N) is 1. The zero-order valence-electron chi connectivity index (χ0n) is 10.7. The normalized spacial score (nSPS) is 10.4. The predicted octanol–water partition coefficient (Wildman–Crippen LogP) is 1.55. The molecule has 1 heterocycles. The van der Waals surface area contributed by atoms with Crippen LogP contribution < -0.4 is 11.1 Å². The van der Waals surface area contributed by atoms with E-state index in [4.69, 9.17) is 5.73 Å². The van der Waals surface area contributed by atoms with Crippen LogP contribution in [0.4, 0.5) is 5.69 Å². The maximum Gasteiger partial charge on any atom is 0.271 e. The van der Waals surface area contributed by atoms with E-state index in [9.17, 15) is 4.79 Å². The number of carbonyl (C=O) groups excluding carboxylic acids is 1. The molecule has 6 heteroatoms. The molecule has 5 nitrogen and oxygen atoms in total. The summed E-state index contributed by atoms with van der Waals surface area (Å²) in [6.07, 6.45) is 3.76. The number of nitrogens with one attached hydrogen (secondary N) is 1. The van der Waals surface area contributed by atoms with E-state index >= 15 is 0 Å². The van der Waals surface area contributed by atoms with E-state index in [0.717, 1.165) is 11.4 Å². The molecule has 0 bridgehead atoms. The van der Waals surface area contributed by atoms with E-state index in [1.165, 1.54) is 0 Å². The molecule has 0 fully saturated rings. The lowest BCUT2D eigenvalue weighted by molar-refractivity contribution is 0.0951. The Morgan fingerprint density at radius 3 is 2.79 bits per heavy atom. The molecule has 0 saturated carbocycles. The maximum absolute atomic E-state index is 11.8. The van der Waals surface area contributed by atoms with Gasteiger partial charge in [0.2, 0.25) is 0 Å². The van der Waals surface area contributed by atoms with E-state index < -0.39 is 0 Å². The minimum absolute atomic E-state index is 0.150. The van der Waals surface area contributed by atoms with E-state index in [-0.39, 0.29) is 5.91 Å². The van der Waals surface area contributed by atoms with Crippen LogP contribution in [0.15, 0.2) is 36.5 Å². The van der Waals surface area contributed by atoms with Gasteiger partial charge in [-0.25, -0.2) is 4.68 Å². The predicted molar refractivity (Wildman–Crippen MR) is 78.7 cm³/mol. The van der Waals surface area contributed by atoms with E-state index in [1.807, 2.05) is 18.4 Å². The van der Waals surface area contributed by atoms with Gasteiger partial charge < -0.3 is 11.1 Å². The smallest absolute Gasteiger partial charge is 0.271 e. The van der Waals surface area contributed by atoms with Crippen LogP contribution >= 0.6 is 11.8 Å². The van der Waals surface area contributed by atoms with Crippen molar-refractivity contribution < 1.29 is 4.79 Å². The summed E-state index contributed by atoms with van der Waals surface area (Å²) in [4.78, 5) is 11.8. The first-order valence-corrected chi connectivity index (χ1v) is 7.29. The van der Waals surface area contributed by atoms with Gasteiger partial charge in [-0.1, -0.05) is 0 Å². The molecular weight excluding hydrogens is 260 g/mol. The molecule has 0 spiro atoms. The van der Waals surface area contributed by atoms with Crippen LogP contribution in [0.25, 0.3) is 5.69 Å². The Labute approximate surface area is 116 Å². The van der Waals surface area contributed by atoms with Gasteiger partial charge in [0.25, 0.3) is 5.91 Å². The molecule has 0 aliphatic heterocycles. The Morgan fingerprint density at radius 1 is 1.37 bits per heavy atom. The van der Waals surface area contributed by atoms with Crippen molar-refractivity contribution in [3.8, 4) is 5.69 Å². The molecule has 0 aliphatic rings. The van der Waals surface area contributed by atoms with Crippen molar-refractivity contribution in [2.24, 2.45) is 0 Å². The summed E-state index contributed by atoms with van der Waals surface area (Å²) in [7, 11) is 0. The van der Waals surface area contributed by atoms with Crippen LogP contribution in [0.1, 0.15) is 10.5 Å². The average Bonchev–Trinajstić information content (AvgIpc) is 2.89. The molecular formula is C13H16N4OS. The number of nitrogen functional groups attached to an aromatic ring is 1. The minimum atomic E-state index is -0.150. The molecule has 0 atom stereocenters. The quantitative estimate of drug-likeness (QED) is 0.642. The molecule has 19 heavy (non-hydrogen) atoms. The highest BCUT2D eigenvalue weighted by Crippen LogP contribution is 2.10. The highest BCUT2D eigenvalue weighted by atomic mass is 32.2. The molecule has 0 aliphatic carbocycles. The topological polar surface area (TPSA) is 72.9 Å². The molecule has 1 amide bonds. The van der Waals surface area contributed by atoms with Gasteiger partial charge in [-0.05, 0) is 36.6 Å². The number of benzene rings is 1. The first-order chi connectivity index (χ1) is 9.20. The van der Waals surface area contributed by atoms with Gasteiger partial charge in [0.1, 0.15) is 0 Å². The van der Waals surface area contributed by atoms with E-state index in [0.29, 0.717) is 17.9 Å². The number of amides is 1. The second-order valence-corrected chi connectivity index (χ2v) is 4.97. The average molecular weight is 276 g/mol. The summed E-state index contributed by atoms with van der Waals surface area (Å²) >= 11 is 1.69. The Hall–Kier alpha value is -1.95. The molecule has 1 aromatic carbocycles. The number of anilines is 1. The summed E-state index contributed by atoms with van der Waals surface area (Å²) in [5, 5.41) is 7.06. The molecule has 0 radical (unpaired) electrons. The van der Waals surface area contributed by atoms with Crippen LogP contribution in [0.5, 0.6) is 0 Å². The van der Waals surface area contributed by atoms with Crippen LogP contribution in [0.3, 0.4) is 0 Å². The second-order valence-electron chi connectivity index (χ2n) is 3.99. The molecule has 100 valence electrons. The van der Waals surface area contributed by atoms with E-state index in [1.54, 1.807) is 40.8 Å². The highest BCUT2D eigenvalue weighted by Gasteiger charge is 2.09. The van der Waals surface area contributed by atoms with Crippen molar-refractivity contribution in [1.82, 2.24) is 15.1 Å². The Kier molecular flexibility index (Phi) is 4.46. The van der Waals surface area contributed by atoms with Crippen molar-refractivity contribution in [2.75, 3.05) is 24.3 Å². The van der Waals surface area contributed by atoms with Crippen molar-refractivity contribution in [1.29, 1.82) is 0 Å². The van der Waals surface area contributed by atoms with E-state index in [2.05, 4.69) is 10.4 Å². The van der Waals surface area contributed by atoms with Crippen molar-refractivity contribution >= 4 is 23.4 Å². The third kappa shape index (κ3) is 3.51. The molecule has 3 N–H and O–H groups in total. The first-order valence-electron chi connectivity index (χ1n) is 5.89. The van der Waals surface area contributed by atoms with Gasteiger partial charge >= 0.3 is 0 Å². The van der Waals surface area contributed by atoms with Crippen LogP contribution in [0, 0.1) is 0 Å². The molecule has 2 aromatic rings. The lowest BCUT2D eigenvalue weighted by Crippen LogP contribution is -2.26. The summed E-state index contributed by atoms with van der Waals surface area (Å²) < 4.78 is 1.66. The third-order valence-corrected chi connectivity index (χ3v) is 3.18. The number of nitrogens with zero attached hydrogens (tertiary/aromatic N) is 2. The zero-order valence-corrected chi connectivity index (χ0v) is 11.5. The monoisotopic (exact) mass is 276 g/mol. The summed E-state index contributed by atoms with van der Waals surface area (Å²) in [6, 6.07) is 9.02. The fourth-order valence-electron chi connectivity index (χ4n) is 1.57. The maximum atomic E-state index is 11.8. The number of hydrogen-bond donors (Lipinski definition) is 2. The summed E-state index contributed by atoms with van der Waals surface area (Å²) in [6.45, 7) is 0.648. The largest absolute Gasteiger partial charge is 0.399 e. The Morgan fingerprint density at radius 2 is 2.11 bits per heavy atom. The lowest BCUT2D eigenvalue weighted by Gasteiger charge is -2.02. The molecule has 0 saturated heterocycles. The Balaban J connectivity index is 2.06. The highest BCUT2D eigenvalue weighted by molar-refractivity contribution is 7.98. The molecule has 2 rings (SSSR count). The lowest BCUT2D eigenvalue weighted by atomic mass is 10.3. The Bertz CT molecular complexity index is 550. The SMILES string of the molecule is CSCCNC(=O)c1ccn(-c2ccc(N)cc2)n1. The van der Waals surface area contributed by atoms with Gasteiger partial charge in [-0.3, -0.25) is 4.79 Å². The number of rotatable bonds is 5. The number of carbonyl (C=O) groups is 1. The fraction of sp³-hybridized carbons (Fsp3) is 0.231. The van der Waals surface area contributed by atoms with Crippen LogP contribution in [-0.4, -0.2) is 34.2 Å².